The van der Waals surface area contributed by atoms with E-state index in [1.54, 1.807) is 6.08 Å². The van der Waals surface area contributed by atoms with Crippen molar-refractivity contribution in [2.24, 2.45) is 0 Å². The lowest BCUT2D eigenvalue weighted by molar-refractivity contribution is -0.134. The predicted molar refractivity (Wildman–Crippen MR) is 101 cm³/mol. The molecule has 1 saturated heterocycles. The Hall–Kier alpha value is -0.350. The highest BCUT2D eigenvalue weighted by molar-refractivity contribution is 8.18. The van der Waals surface area contributed by atoms with Gasteiger partial charge in [0.2, 0.25) is 0 Å². The highest BCUT2D eigenvalue weighted by Gasteiger charge is 2.31. The number of carbonyl (C=O) groups excluding carboxylic acids is 1. The summed E-state index contributed by atoms with van der Waals surface area (Å²) in [6.07, 6.45) is 17.9. The number of carbonyl (C=O) groups is 1. The average molecular weight is 343 g/mol. The Morgan fingerprint density at radius 2 is 1.91 bits per heavy atom. The molecule has 0 aromatic heterocycles. The molecule has 0 saturated carbocycles. The van der Waals surface area contributed by atoms with E-state index >= 15 is 0 Å². The third kappa shape index (κ3) is 8.33. The van der Waals surface area contributed by atoms with Gasteiger partial charge >= 0.3 is 5.97 Å². The van der Waals surface area contributed by atoms with Crippen molar-refractivity contribution in [1.82, 2.24) is 0 Å². The van der Waals surface area contributed by atoms with Crippen LogP contribution >= 0.6 is 23.5 Å². The van der Waals surface area contributed by atoms with Crippen molar-refractivity contribution >= 4 is 29.5 Å². The van der Waals surface area contributed by atoms with Gasteiger partial charge in [0.15, 0.2) is 0 Å². The fraction of sp³-hybridized carbons (Fsp3) is 0.722. The van der Waals surface area contributed by atoms with Crippen molar-refractivity contribution in [2.75, 3.05) is 18.6 Å². The molecule has 0 atom stereocenters. The summed E-state index contributed by atoms with van der Waals surface area (Å²) in [5.41, 5.74) is 0. The molecule has 1 fully saturated rings. The number of allylic oxidation sites excluding steroid dienone is 3. The van der Waals surface area contributed by atoms with Gasteiger partial charge in [-0.1, -0.05) is 38.0 Å². The number of esters is 1. The molecule has 126 valence electrons. The first-order valence-electron chi connectivity index (χ1n) is 8.40. The lowest BCUT2D eigenvalue weighted by Crippen LogP contribution is -2.24. The SMILES string of the molecule is CCCCC/C=C\CC1(CC/C=C\C(=O)OC)SCCCS1. The van der Waals surface area contributed by atoms with E-state index in [-0.39, 0.29) is 5.97 Å². The monoisotopic (exact) mass is 342 g/mol. The van der Waals surface area contributed by atoms with Gasteiger partial charge in [-0.05, 0) is 50.0 Å². The average Bonchev–Trinajstić information content (AvgIpc) is 2.55. The van der Waals surface area contributed by atoms with Crippen molar-refractivity contribution in [2.45, 2.75) is 62.4 Å². The molecule has 2 nitrogen and oxygen atoms in total. The normalized spacial score (nSPS) is 18.1. The summed E-state index contributed by atoms with van der Waals surface area (Å²) in [5, 5.41) is 0. The van der Waals surface area contributed by atoms with Crippen LogP contribution in [0.2, 0.25) is 0 Å². The van der Waals surface area contributed by atoms with Crippen molar-refractivity contribution < 1.29 is 9.53 Å². The van der Waals surface area contributed by atoms with Gasteiger partial charge in [0.1, 0.15) is 0 Å². The van der Waals surface area contributed by atoms with Gasteiger partial charge in [-0.15, -0.1) is 23.5 Å². The van der Waals surface area contributed by atoms with Crippen molar-refractivity contribution in [1.29, 1.82) is 0 Å². The second-order valence-electron chi connectivity index (χ2n) is 5.60. The molecule has 1 aliphatic heterocycles. The Morgan fingerprint density at radius 1 is 1.14 bits per heavy atom. The van der Waals surface area contributed by atoms with E-state index < -0.39 is 0 Å². The largest absolute Gasteiger partial charge is 0.466 e. The molecule has 4 heteroatoms. The van der Waals surface area contributed by atoms with Crippen LogP contribution in [0.1, 0.15) is 58.3 Å². The maximum atomic E-state index is 11.1. The maximum absolute atomic E-state index is 11.1. The van der Waals surface area contributed by atoms with E-state index in [2.05, 4.69) is 47.3 Å². The molecule has 1 rings (SSSR count). The molecule has 1 aliphatic rings. The Bertz CT molecular complexity index is 358. The number of thioether (sulfide) groups is 2. The number of unbranched alkanes of at least 4 members (excludes halogenated alkanes) is 3. The second kappa shape index (κ2) is 12.1. The quantitative estimate of drug-likeness (QED) is 0.224. The molecule has 22 heavy (non-hydrogen) atoms. The van der Waals surface area contributed by atoms with Gasteiger partial charge in [-0.2, -0.15) is 0 Å². The topological polar surface area (TPSA) is 26.3 Å². The Kier molecular flexibility index (Phi) is 10.9. The molecule has 0 radical (unpaired) electrons. The summed E-state index contributed by atoms with van der Waals surface area (Å²) in [6, 6.07) is 0. The van der Waals surface area contributed by atoms with E-state index in [1.807, 2.05) is 6.08 Å². The number of ether oxygens (including phenoxy) is 1. The van der Waals surface area contributed by atoms with E-state index in [1.165, 1.54) is 50.7 Å². The Morgan fingerprint density at radius 3 is 2.59 bits per heavy atom. The van der Waals surface area contributed by atoms with Crippen LogP contribution in [0.25, 0.3) is 0 Å². The Labute approximate surface area is 144 Å². The molecule has 0 aliphatic carbocycles. The summed E-state index contributed by atoms with van der Waals surface area (Å²) in [7, 11) is 1.42. The molecule has 1 heterocycles. The molecule has 0 N–H and O–H groups in total. The molecular weight excluding hydrogens is 312 g/mol. The van der Waals surface area contributed by atoms with Gasteiger partial charge in [-0.3, -0.25) is 0 Å². The zero-order valence-electron chi connectivity index (χ0n) is 14.0. The fourth-order valence-corrected chi connectivity index (χ4v) is 5.71. The number of methoxy groups -OCH3 is 1. The van der Waals surface area contributed by atoms with Gasteiger partial charge in [0.05, 0.1) is 11.2 Å². The summed E-state index contributed by atoms with van der Waals surface area (Å²) >= 11 is 4.21. The first-order chi connectivity index (χ1) is 10.7. The predicted octanol–water partition coefficient (Wildman–Crippen LogP) is 5.59. The first-order valence-corrected chi connectivity index (χ1v) is 10.4. The molecule has 0 bridgehead atoms. The summed E-state index contributed by atoms with van der Waals surface area (Å²) in [4.78, 5) is 11.1. The highest BCUT2D eigenvalue weighted by Crippen LogP contribution is 2.48. The van der Waals surface area contributed by atoms with Gasteiger partial charge < -0.3 is 4.74 Å². The molecule has 0 aromatic rings. The molecular formula is C18H30O2S2. The smallest absolute Gasteiger partial charge is 0.330 e. The minimum Gasteiger partial charge on any atom is -0.466 e. The Balaban J connectivity index is 2.40. The fourth-order valence-electron chi connectivity index (χ4n) is 2.42. The lowest BCUT2D eigenvalue weighted by atomic mass is 10.1. The summed E-state index contributed by atoms with van der Waals surface area (Å²) in [5.74, 6) is 2.27. The molecule has 0 unspecified atom stereocenters. The maximum Gasteiger partial charge on any atom is 0.330 e. The third-order valence-electron chi connectivity index (χ3n) is 3.74. The van der Waals surface area contributed by atoms with Crippen LogP contribution in [0.15, 0.2) is 24.3 Å². The van der Waals surface area contributed by atoms with Gasteiger partial charge in [0, 0.05) is 6.08 Å². The van der Waals surface area contributed by atoms with Gasteiger partial charge in [-0.25, -0.2) is 4.79 Å². The zero-order valence-corrected chi connectivity index (χ0v) is 15.6. The van der Waals surface area contributed by atoms with E-state index in [4.69, 9.17) is 0 Å². The van der Waals surface area contributed by atoms with Crippen LogP contribution in [0.5, 0.6) is 0 Å². The number of hydrogen-bond acceptors (Lipinski definition) is 4. The highest BCUT2D eigenvalue weighted by atomic mass is 32.2. The number of rotatable bonds is 10. The molecule has 0 amide bonds. The van der Waals surface area contributed by atoms with Crippen molar-refractivity contribution in [3.8, 4) is 0 Å². The minimum absolute atomic E-state index is 0.256. The van der Waals surface area contributed by atoms with Crippen LogP contribution in [0.3, 0.4) is 0 Å². The second-order valence-corrected chi connectivity index (χ2v) is 8.81. The third-order valence-corrected chi connectivity index (χ3v) is 7.22. The number of hydrogen-bond donors (Lipinski definition) is 0. The van der Waals surface area contributed by atoms with Crippen molar-refractivity contribution in [3.05, 3.63) is 24.3 Å². The van der Waals surface area contributed by atoms with Crippen LogP contribution < -0.4 is 0 Å². The van der Waals surface area contributed by atoms with Crippen LogP contribution in [-0.4, -0.2) is 28.7 Å². The van der Waals surface area contributed by atoms with E-state index in [0.29, 0.717) is 4.08 Å². The minimum atomic E-state index is -0.256. The standard InChI is InChI=1S/C18H30O2S2/c1-3-4-5-6-7-9-13-18(21-15-11-16-22-18)14-10-8-12-17(19)20-2/h7-9,12H,3-6,10-11,13-16H2,1-2H3/b9-7-,12-8-. The first kappa shape index (κ1) is 19.7. The van der Waals surface area contributed by atoms with E-state index in [9.17, 15) is 4.79 Å². The molecule has 0 spiro atoms. The molecule has 0 aromatic carbocycles. The van der Waals surface area contributed by atoms with Gasteiger partial charge in [0.25, 0.3) is 0 Å². The van der Waals surface area contributed by atoms with Crippen molar-refractivity contribution in [3.63, 3.8) is 0 Å². The van der Waals surface area contributed by atoms with Crippen LogP contribution in [0, 0.1) is 0 Å². The van der Waals surface area contributed by atoms with E-state index in [0.717, 1.165) is 19.3 Å². The van der Waals surface area contributed by atoms with Crippen LogP contribution in [-0.2, 0) is 9.53 Å². The van der Waals surface area contributed by atoms with Crippen LogP contribution in [0.4, 0.5) is 0 Å². The lowest BCUT2D eigenvalue weighted by Gasteiger charge is -2.35. The zero-order chi connectivity index (χ0) is 16.1. The summed E-state index contributed by atoms with van der Waals surface area (Å²) < 4.78 is 4.94. The summed E-state index contributed by atoms with van der Waals surface area (Å²) in [6.45, 7) is 2.25.